The molecule has 0 fully saturated rings. The predicted molar refractivity (Wildman–Crippen MR) is 66.6 cm³/mol. The molecule has 0 amide bonds. The first-order chi connectivity index (χ1) is 8.80. The molecule has 1 unspecified atom stereocenters. The fourth-order valence-corrected chi connectivity index (χ4v) is 1.91. The summed E-state index contributed by atoms with van der Waals surface area (Å²) < 4.78 is 50.1. The van der Waals surface area contributed by atoms with E-state index in [-0.39, 0.29) is 17.9 Å². The summed E-state index contributed by atoms with van der Waals surface area (Å²) in [5.74, 6) is 0.519. The van der Waals surface area contributed by atoms with Crippen LogP contribution in [0.1, 0.15) is 19.4 Å². The second-order valence-electron chi connectivity index (χ2n) is 4.22. The van der Waals surface area contributed by atoms with E-state index in [1.807, 2.05) is 0 Å². The maximum Gasteiger partial charge on any atom is 0.410 e. The number of hydrogen-bond acceptors (Lipinski definition) is 3. The zero-order chi connectivity index (χ0) is 14.7. The fraction of sp³-hybridized carbons (Fsp3) is 0.538. The molecule has 19 heavy (non-hydrogen) atoms. The Balaban J connectivity index is 3.44. The highest BCUT2D eigenvalue weighted by atomic mass is 19.4. The van der Waals surface area contributed by atoms with Gasteiger partial charge in [0.05, 0.1) is 14.2 Å². The summed E-state index contributed by atoms with van der Waals surface area (Å²) in [6, 6.07) is 4.37. The van der Waals surface area contributed by atoms with E-state index in [1.165, 1.54) is 26.4 Å². The number of benzene rings is 1. The molecule has 1 rings (SSSR count). The van der Waals surface area contributed by atoms with Crippen LogP contribution in [-0.4, -0.2) is 26.9 Å². The molecule has 0 heterocycles. The van der Waals surface area contributed by atoms with Crippen LogP contribution in [0.15, 0.2) is 18.2 Å². The third kappa shape index (κ3) is 2.94. The minimum absolute atomic E-state index is 0.00343. The second-order valence-corrected chi connectivity index (χ2v) is 4.22. The second kappa shape index (κ2) is 5.69. The van der Waals surface area contributed by atoms with E-state index in [0.717, 1.165) is 6.92 Å². The molecule has 1 N–H and O–H groups in total. The Bertz CT molecular complexity index is 434. The van der Waals surface area contributed by atoms with Crippen LogP contribution in [0.25, 0.3) is 0 Å². The molecule has 108 valence electrons. The molecule has 1 aromatic rings. The van der Waals surface area contributed by atoms with E-state index in [9.17, 15) is 13.2 Å². The van der Waals surface area contributed by atoms with Crippen molar-refractivity contribution in [3.05, 3.63) is 23.8 Å². The van der Waals surface area contributed by atoms with Crippen LogP contribution >= 0.6 is 0 Å². The first kappa shape index (κ1) is 15.6. The van der Waals surface area contributed by atoms with Crippen molar-refractivity contribution < 1.29 is 22.6 Å². The molecule has 0 aliphatic carbocycles. The van der Waals surface area contributed by atoms with E-state index >= 15 is 0 Å². The monoisotopic (exact) mass is 277 g/mol. The summed E-state index contributed by atoms with van der Waals surface area (Å²) in [6.07, 6.45) is -4.46. The number of alkyl halides is 3. The van der Waals surface area contributed by atoms with Gasteiger partial charge in [-0.2, -0.15) is 13.2 Å². The van der Waals surface area contributed by atoms with Gasteiger partial charge < -0.3 is 14.8 Å². The van der Waals surface area contributed by atoms with E-state index in [4.69, 9.17) is 9.47 Å². The van der Waals surface area contributed by atoms with Crippen LogP contribution in [0, 0.1) is 0 Å². The van der Waals surface area contributed by atoms with Gasteiger partial charge in [-0.3, -0.25) is 0 Å². The van der Waals surface area contributed by atoms with Gasteiger partial charge in [-0.25, -0.2) is 0 Å². The molecule has 3 nitrogen and oxygen atoms in total. The van der Waals surface area contributed by atoms with Crippen molar-refractivity contribution in [2.45, 2.75) is 25.6 Å². The van der Waals surface area contributed by atoms with Gasteiger partial charge >= 0.3 is 6.18 Å². The van der Waals surface area contributed by atoms with Crippen LogP contribution in [0.5, 0.6) is 11.5 Å². The van der Waals surface area contributed by atoms with E-state index in [0.29, 0.717) is 5.75 Å². The molecular weight excluding hydrogens is 259 g/mol. The fourth-order valence-electron chi connectivity index (χ4n) is 1.91. The molecule has 0 aliphatic rings. The van der Waals surface area contributed by atoms with Crippen molar-refractivity contribution in [1.29, 1.82) is 0 Å². The average Bonchev–Trinajstić information content (AvgIpc) is 2.36. The smallest absolute Gasteiger partial charge is 0.410 e. The molecule has 0 aromatic heterocycles. The minimum atomic E-state index is -4.46. The standard InChI is InChI=1S/C13H18F3NO2/c1-5-17-12(2,13(14,15)16)10-8-9(18-3)6-7-11(10)19-4/h6-8,17H,5H2,1-4H3. The van der Waals surface area contributed by atoms with Crippen molar-refractivity contribution in [2.24, 2.45) is 0 Å². The minimum Gasteiger partial charge on any atom is -0.497 e. The van der Waals surface area contributed by atoms with Crippen molar-refractivity contribution in [1.82, 2.24) is 5.32 Å². The Morgan fingerprint density at radius 3 is 2.21 bits per heavy atom. The Hall–Kier alpha value is -1.43. The van der Waals surface area contributed by atoms with Crippen LogP contribution in [-0.2, 0) is 5.54 Å². The molecule has 0 saturated heterocycles. The van der Waals surface area contributed by atoms with Gasteiger partial charge in [0.25, 0.3) is 0 Å². The number of hydrogen-bond donors (Lipinski definition) is 1. The topological polar surface area (TPSA) is 30.5 Å². The summed E-state index contributed by atoms with van der Waals surface area (Å²) in [5.41, 5.74) is -2.19. The van der Waals surface area contributed by atoms with E-state index in [2.05, 4.69) is 5.32 Å². The highest BCUT2D eigenvalue weighted by molar-refractivity contribution is 5.45. The molecule has 0 saturated carbocycles. The van der Waals surface area contributed by atoms with Crippen molar-refractivity contribution in [3.8, 4) is 11.5 Å². The third-order valence-electron chi connectivity index (χ3n) is 3.04. The van der Waals surface area contributed by atoms with Crippen LogP contribution in [0.4, 0.5) is 13.2 Å². The summed E-state index contributed by atoms with van der Waals surface area (Å²) >= 11 is 0. The third-order valence-corrected chi connectivity index (χ3v) is 3.04. The number of nitrogens with one attached hydrogen (secondary N) is 1. The quantitative estimate of drug-likeness (QED) is 0.897. The van der Waals surface area contributed by atoms with Gasteiger partial charge in [0.2, 0.25) is 0 Å². The maximum absolute atomic E-state index is 13.4. The SMILES string of the molecule is CCNC(C)(c1cc(OC)ccc1OC)C(F)(F)F. The Morgan fingerprint density at radius 1 is 1.16 bits per heavy atom. The van der Waals surface area contributed by atoms with E-state index in [1.54, 1.807) is 13.0 Å². The molecule has 0 aliphatic heterocycles. The predicted octanol–water partition coefficient (Wildman–Crippen LogP) is 3.09. The maximum atomic E-state index is 13.4. The normalized spacial score (nSPS) is 14.9. The lowest BCUT2D eigenvalue weighted by atomic mass is 9.90. The molecule has 1 atom stereocenters. The number of halogens is 3. The van der Waals surface area contributed by atoms with E-state index < -0.39 is 11.7 Å². The zero-order valence-electron chi connectivity index (χ0n) is 11.4. The molecule has 0 radical (unpaired) electrons. The molecule has 0 spiro atoms. The van der Waals surface area contributed by atoms with Gasteiger partial charge in [-0.1, -0.05) is 6.92 Å². The van der Waals surface area contributed by atoms with Crippen LogP contribution in [0.2, 0.25) is 0 Å². The highest BCUT2D eigenvalue weighted by Gasteiger charge is 2.53. The van der Waals surface area contributed by atoms with Gasteiger partial charge in [-0.15, -0.1) is 0 Å². The number of methoxy groups -OCH3 is 2. The Morgan fingerprint density at radius 2 is 1.79 bits per heavy atom. The lowest BCUT2D eigenvalue weighted by molar-refractivity contribution is -0.195. The number of rotatable bonds is 5. The molecular formula is C13H18F3NO2. The lowest BCUT2D eigenvalue weighted by Gasteiger charge is -2.34. The first-order valence-electron chi connectivity index (χ1n) is 5.84. The van der Waals surface area contributed by atoms with Gasteiger partial charge in [0.15, 0.2) is 0 Å². The van der Waals surface area contributed by atoms with Gasteiger partial charge in [-0.05, 0) is 31.7 Å². The summed E-state index contributed by atoms with van der Waals surface area (Å²) in [5, 5.41) is 2.48. The average molecular weight is 277 g/mol. The summed E-state index contributed by atoms with van der Waals surface area (Å²) in [6.45, 7) is 2.89. The van der Waals surface area contributed by atoms with Crippen molar-refractivity contribution >= 4 is 0 Å². The van der Waals surface area contributed by atoms with Crippen LogP contribution in [0.3, 0.4) is 0 Å². The van der Waals surface area contributed by atoms with Crippen molar-refractivity contribution in [3.63, 3.8) is 0 Å². The Kier molecular flexibility index (Phi) is 4.68. The first-order valence-corrected chi connectivity index (χ1v) is 5.84. The lowest BCUT2D eigenvalue weighted by Crippen LogP contribution is -2.51. The summed E-state index contributed by atoms with van der Waals surface area (Å²) in [7, 11) is 2.75. The Labute approximate surface area is 110 Å². The molecule has 1 aromatic carbocycles. The zero-order valence-corrected chi connectivity index (χ0v) is 11.4. The molecule has 6 heteroatoms. The summed E-state index contributed by atoms with van der Waals surface area (Å²) in [4.78, 5) is 0. The molecule has 0 bridgehead atoms. The largest absolute Gasteiger partial charge is 0.497 e. The number of ether oxygens (including phenoxy) is 2. The van der Waals surface area contributed by atoms with Crippen molar-refractivity contribution in [2.75, 3.05) is 20.8 Å². The van der Waals surface area contributed by atoms with Crippen LogP contribution < -0.4 is 14.8 Å². The highest BCUT2D eigenvalue weighted by Crippen LogP contribution is 2.43. The van der Waals surface area contributed by atoms with Gasteiger partial charge in [0, 0.05) is 5.56 Å². The van der Waals surface area contributed by atoms with Gasteiger partial charge in [0.1, 0.15) is 17.0 Å².